The topological polar surface area (TPSA) is 411 Å². The molecule has 0 aliphatic rings. The van der Waals surface area contributed by atoms with E-state index in [4.69, 9.17) is 31.4 Å². The van der Waals surface area contributed by atoms with Crippen LogP contribution in [0.15, 0.2) is 328 Å². The van der Waals surface area contributed by atoms with Gasteiger partial charge in [-0.25, -0.2) is 38.4 Å². The molecule has 3 radical (unpaired) electrons. The SMILES string of the molecule is CC(C)(C)OC(=O)NCc1ccc(N)cc1.CC(C)(C)OC(=O)NCc1ccc(NC(=O)NCc2ccccc2)cc1.CC(C)(C)OC(=O)NCc1ccc(NC(=O)NCc2ccccc2)cc1.NCc1ccc(NC(=O)NCc2ccccc2)cc1.NCc1ccc(NC(=O)NCc2ccccc2)cc1.O=C(NCc1ccccc1)Nc1ccc(CNCc2ccccc2)cc1.[B]. The van der Waals surface area contributed by atoms with Crippen molar-refractivity contribution in [3.05, 3.63) is 394 Å². The Morgan fingerprint density at radius 2 is 0.376 bits per heavy atom. The van der Waals surface area contributed by atoms with Crippen molar-refractivity contribution >= 4 is 91.0 Å². The monoisotopic (exact) mass is 1800 g/mol. The molecule has 0 bridgehead atoms. The predicted molar refractivity (Wildman–Crippen MR) is 532 cm³/mol. The summed E-state index contributed by atoms with van der Waals surface area (Å²) in [6.45, 7) is 22.6. The number of carbonyl (C=O) groups is 8. The average molecular weight is 1800 g/mol. The highest BCUT2D eigenvalue weighted by Crippen LogP contribution is 2.18. The smallest absolute Gasteiger partial charge is 0.407 e. The van der Waals surface area contributed by atoms with Gasteiger partial charge in [-0.3, -0.25) is 0 Å². The summed E-state index contributed by atoms with van der Waals surface area (Å²) in [5.74, 6) is 0. The van der Waals surface area contributed by atoms with Crippen LogP contribution in [-0.2, 0) is 92.7 Å². The molecule has 0 aliphatic heterocycles. The number of nitrogens with one attached hydrogen (secondary N) is 14. The van der Waals surface area contributed by atoms with E-state index in [1.54, 1.807) is 36.4 Å². The number of ether oxygens (including phenoxy) is 3. The van der Waals surface area contributed by atoms with Gasteiger partial charge >= 0.3 is 48.4 Å². The highest BCUT2D eigenvalue weighted by Gasteiger charge is 2.19. The van der Waals surface area contributed by atoms with E-state index in [0.717, 1.165) is 85.8 Å². The van der Waals surface area contributed by atoms with Crippen molar-refractivity contribution in [2.24, 2.45) is 11.5 Å². The Morgan fingerprint density at radius 1 is 0.218 bits per heavy atom. The largest absolute Gasteiger partial charge is 0.444 e. The first-order valence-corrected chi connectivity index (χ1v) is 43.1. The number of hydrogen-bond acceptors (Lipinski definition) is 15. The van der Waals surface area contributed by atoms with Crippen LogP contribution >= 0.6 is 0 Å². The van der Waals surface area contributed by atoms with E-state index >= 15 is 0 Å². The first kappa shape index (κ1) is 106. The number of rotatable bonds is 27. The minimum atomic E-state index is -0.523. The van der Waals surface area contributed by atoms with E-state index in [1.165, 1.54) is 11.1 Å². The summed E-state index contributed by atoms with van der Waals surface area (Å²) in [5.41, 5.74) is 32.0. The van der Waals surface area contributed by atoms with Gasteiger partial charge in [-0.1, -0.05) is 255 Å². The Kier molecular flexibility index (Phi) is 46.5. The molecular formula is C104H125BN17O11. The number of carbonyl (C=O) groups excluding carboxylic acids is 8. The average Bonchev–Trinajstić information content (AvgIpc) is 0.894. The zero-order valence-corrected chi connectivity index (χ0v) is 77.0. The highest BCUT2D eigenvalue weighted by atomic mass is 16.6. The van der Waals surface area contributed by atoms with Gasteiger partial charge in [0.1, 0.15) is 16.8 Å². The third-order valence-electron chi connectivity index (χ3n) is 18.0. The molecule has 0 atom stereocenters. The molecule has 12 aromatic rings. The second kappa shape index (κ2) is 58.2. The normalized spacial score (nSPS) is 10.4. The summed E-state index contributed by atoms with van der Waals surface area (Å²) in [6.07, 6.45) is -1.33. The molecule has 0 saturated carbocycles. The molecule has 0 saturated heterocycles. The maximum absolute atomic E-state index is 12.0. The summed E-state index contributed by atoms with van der Waals surface area (Å²) in [4.78, 5) is 93.8. The second-order valence-electron chi connectivity index (χ2n) is 32.8. The van der Waals surface area contributed by atoms with Gasteiger partial charge in [-0.05, 0) is 202 Å². The lowest BCUT2D eigenvalue weighted by Crippen LogP contribution is -2.32. The Bertz CT molecular complexity index is 5150. The molecule has 0 unspecified atom stereocenters. The van der Waals surface area contributed by atoms with Crippen molar-refractivity contribution in [2.45, 2.75) is 158 Å². The summed E-state index contributed by atoms with van der Waals surface area (Å²) in [7, 11) is 0. The van der Waals surface area contributed by atoms with Crippen LogP contribution in [0.5, 0.6) is 0 Å². The second-order valence-corrected chi connectivity index (χ2v) is 32.8. The van der Waals surface area contributed by atoms with Crippen LogP contribution < -0.4 is 91.6 Å². The summed E-state index contributed by atoms with van der Waals surface area (Å²) >= 11 is 0. The maximum atomic E-state index is 12.0. The Balaban J connectivity index is 0.000000247. The number of nitrogen functional groups attached to an aromatic ring is 1. The molecule has 29 heteroatoms. The molecule has 695 valence electrons. The van der Waals surface area contributed by atoms with E-state index in [2.05, 4.69) is 86.6 Å². The zero-order valence-electron chi connectivity index (χ0n) is 77.0. The van der Waals surface area contributed by atoms with Crippen LogP contribution in [0.4, 0.5) is 72.5 Å². The van der Waals surface area contributed by atoms with E-state index in [-0.39, 0.29) is 38.6 Å². The number of amides is 13. The Morgan fingerprint density at radius 3 is 0.564 bits per heavy atom. The van der Waals surface area contributed by atoms with Crippen molar-refractivity contribution in [1.29, 1.82) is 0 Å². The molecule has 13 amide bonds. The molecule has 28 nitrogen and oxygen atoms in total. The van der Waals surface area contributed by atoms with E-state index in [0.29, 0.717) is 82.5 Å². The van der Waals surface area contributed by atoms with Gasteiger partial charge in [-0.15, -0.1) is 0 Å². The van der Waals surface area contributed by atoms with Gasteiger partial charge in [-0.2, -0.15) is 0 Å². The minimum Gasteiger partial charge on any atom is -0.444 e. The Hall–Kier alpha value is -15.5. The summed E-state index contributed by atoms with van der Waals surface area (Å²) in [6, 6.07) is 103. The third-order valence-corrected chi connectivity index (χ3v) is 18.0. The third kappa shape index (κ3) is 48.5. The van der Waals surface area contributed by atoms with Gasteiger partial charge in [0.15, 0.2) is 0 Å². The standard InChI is InChI=1S/C22H23N3O.2C20H25N3O3.2C15H17N3O.C12H18N2O2.B/c26-22(24-17-19-9-5-2-6-10-19)25-21-13-11-20(12-14-21)16-23-15-18-7-3-1-4-8-18;2*1-20(2,3)26-19(25)22-14-16-9-11-17(12-10-16)23-18(24)21-13-15-7-5-4-6-8-15;2*16-10-12-6-8-14(9-7-12)18-15(19)17-11-13-4-2-1-3-5-13;1-12(2,3)16-11(15)14-8-9-4-6-10(13)7-5-9;/h1-14,23H,15-17H2,(H2,24,25,26);2*4-12H,13-14H2,1-3H3,(H,22,25)(H2,21,23,24);2*1-9H,10-11,16H2,(H2,17,18,19);4-7H,8,13H2,1-3H3,(H,14,15);. The molecule has 12 aromatic carbocycles. The molecule has 133 heavy (non-hydrogen) atoms. The van der Waals surface area contributed by atoms with Crippen LogP contribution in [0.2, 0.25) is 0 Å². The minimum absolute atomic E-state index is 0. The molecular weight excluding hydrogens is 1670 g/mol. The zero-order chi connectivity index (χ0) is 95.2. The van der Waals surface area contributed by atoms with Crippen molar-refractivity contribution in [1.82, 2.24) is 47.9 Å². The molecule has 0 aliphatic carbocycles. The van der Waals surface area contributed by atoms with Crippen molar-refractivity contribution in [3.63, 3.8) is 0 Å². The Labute approximate surface area is 782 Å². The lowest BCUT2D eigenvalue weighted by atomic mass is 10.2. The quantitative estimate of drug-likeness (QED) is 0.0129. The fourth-order valence-electron chi connectivity index (χ4n) is 11.4. The van der Waals surface area contributed by atoms with Crippen molar-refractivity contribution in [3.8, 4) is 0 Å². The van der Waals surface area contributed by atoms with Gasteiger partial charge in [0.25, 0.3) is 0 Å². The number of anilines is 6. The van der Waals surface area contributed by atoms with Crippen LogP contribution in [-0.4, -0.2) is 73.7 Å². The lowest BCUT2D eigenvalue weighted by Gasteiger charge is -2.19. The highest BCUT2D eigenvalue weighted by molar-refractivity contribution is 5.92. The van der Waals surface area contributed by atoms with E-state index in [9.17, 15) is 38.4 Å². The number of nitrogens with two attached hydrogens (primary N) is 3. The molecule has 0 heterocycles. The molecule has 0 aromatic heterocycles. The first-order chi connectivity index (χ1) is 63.3. The molecule has 0 fully saturated rings. The molecule has 20 N–H and O–H groups in total. The molecule has 0 spiro atoms. The number of urea groups is 5. The van der Waals surface area contributed by atoms with Crippen LogP contribution in [0.3, 0.4) is 0 Å². The van der Waals surface area contributed by atoms with Crippen LogP contribution in [0, 0.1) is 0 Å². The van der Waals surface area contributed by atoms with Crippen molar-refractivity contribution in [2.75, 3.05) is 32.3 Å². The predicted octanol–water partition coefficient (Wildman–Crippen LogP) is 19.2. The molecule has 12 rings (SSSR count). The van der Waals surface area contributed by atoms with Gasteiger partial charge < -0.3 is 106 Å². The van der Waals surface area contributed by atoms with Gasteiger partial charge in [0.05, 0.1) is 0 Å². The van der Waals surface area contributed by atoms with E-state index < -0.39 is 35.1 Å². The number of benzene rings is 12. The fourth-order valence-corrected chi connectivity index (χ4v) is 11.4. The van der Waals surface area contributed by atoms with Crippen molar-refractivity contribution < 1.29 is 52.6 Å². The maximum Gasteiger partial charge on any atom is 0.407 e. The van der Waals surface area contributed by atoms with E-state index in [1.807, 2.05) is 341 Å². The lowest BCUT2D eigenvalue weighted by molar-refractivity contribution is 0.0512. The fraction of sp³-hybridized carbons (Fsp3) is 0.231. The summed E-state index contributed by atoms with van der Waals surface area (Å²) in [5, 5.41) is 39.5. The van der Waals surface area contributed by atoms with Gasteiger partial charge in [0, 0.05) is 121 Å². The number of alkyl carbamates (subject to hydrolysis) is 3. The number of hydrogen-bond donors (Lipinski definition) is 17. The van der Waals surface area contributed by atoms with Crippen LogP contribution in [0.25, 0.3) is 0 Å². The van der Waals surface area contributed by atoms with Crippen LogP contribution in [0.1, 0.15) is 129 Å². The van der Waals surface area contributed by atoms with Gasteiger partial charge in [0.2, 0.25) is 0 Å². The first-order valence-electron chi connectivity index (χ1n) is 43.1. The summed E-state index contributed by atoms with van der Waals surface area (Å²) < 4.78 is 15.5.